The molecule has 0 atom stereocenters. The van der Waals surface area contributed by atoms with Gasteiger partial charge < -0.3 is 5.11 Å². The Hall–Kier alpha value is -2.36. The van der Waals surface area contributed by atoms with Crippen LogP contribution in [0.4, 0.5) is 10.5 Å². The number of nitro benzene ring substituents is 1. The molecule has 0 aromatic heterocycles. The fraction of sp³-hybridized carbons (Fsp3) is 0.0588. The van der Waals surface area contributed by atoms with Crippen LogP contribution in [-0.4, -0.2) is 26.1 Å². The van der Waals surface area contributed by atoms with E-state index in [9.17, 15) is 24.8 Å². The first kappa shape index (κ1) is 19.4. The minimum Gasteiger partial charge on any atom is -0.502 e. The van der Waals surface area contributed by atoms with Gasteiger partial charge >= 0.3 is 5.69 Å². The molecule has 1 saturated heterocycles. The first-order valence-electron chi connectivity index (χ1n) is 7.43. The zero-order valence-corrected chi connectivity index (χ0v) is 16.5. The number of phenols is 1. The molecule has 3 rings (SSSR count). The van der Waals surface area contributed by atoms with Crippen molar-refractivity contribution in [1.29, 1.82) is 0 Å². The Bertz CT molecular complexity index is 1010. The molecular formula is C17H10BrClN2O5S. The largest absolute Gasteiger partial charge is 0.502 e. The van der Waals surface area contributed by atoms with Crippen molar-refractivity contribution in [3.63, 3.8) is 0 Å². The topological polar surface area (TPSA) is 101 Å². The van der Waals surface area contributed by atoms with E-state index in [0.717, 1.165) is 11.0 Å². The maximum Gasteiger partial charge on any atom is 0.312 e. The summed E-state index contributed by atoms with van der Waals surface area (Å²) in [5.41, 5.74) is 0.161. The zero-order chi connectivity index (χ0) is 19.7. The number of hydrogen-bond acceptors (Lipinski definition) is 6. The summed E-state index contributed by atoms with van der Waals surface area (Å²) in [5, 5.41) is 21.1. The average molecular weight is 470 g/mol. The monoisotopic (exact) mass is 468 g/mol. The highest BCUT2D eigenvalue weighted by Gasteiger charge is 2.35. The molecule has 7 nitrogen and oxygen atoms in total. The van der Waals surface area contributed by atoms with Gasteiger partial charge in [-0.05, 0) is 35.5 Å². The number of thioether (sulfide) groups is 1. The quantitative estimate of drug-likeness (QED) is 0.386. The lowest BCUT2D eigenvalue weighted by Crippen LogP contribution is -2.27. The van der Waals surface area contributed by atoms with Crippen LogP contribution in [0.1, 0.15) is 11.1 Å². The first-order valence-corrected chi connectivity index (χ1v) is 9.42. The van der Waals surface area contributed by atoms with E-state index in [1.54, 1.807) is 24.3 Å². The molecule has 1 heterocycles. The average Bonchev–Trinajstić information content (AvgIpc) is 2.87. The van der Waals surface area contributed by atoms with Crippen LogP contribution >= 0.6 is 39.3 Å². The molecule has 1 aliphatic heterocycles. The summed E-state index contributed by atoms with van der Waals surface area (Å²) >= 11 is 9.89. The summed E-state index contributed by atoms with van der Waals surface area (Å²) in [6, 6.07) is 9.42. The van der Waals surface area contributed by atoms with Crippen molar-refractivity contribution in [2.75, 3.05) is 0 Å². The van der Waals surface area contributed by atoms with E-state index in [1.807, 2.05) is 0 Å². The third-order valence-corrected chi connectivity index (χ3v) is 5.46. The van der Waals surface area contributed by atoms with Gasteiger partial charge in [-0.3, -0.25) is 24.6 Å². The zero-order valence-electron chi connectivity index (χ0n) is 13.4. The number of halogens is 2. The highest BCUT2D eigenvalue weighted by atomic mass is 79.9. The van der Waals surface area contributed by atoms with Crippen LogP contribution in [0.15, 0.2) is 45.8 Å². The van der Waals surface area contributed by atoms with E-state index in [-0.39, 0.29) is 17.0 Å². The molecule has 2 aromatic rings. The lowest BCUT2D eigenvalue weighted by Gasteiger charge is -2.13. The molecule has 0 saturated carbocycles. The van der Waals surface area contributed by atoms with E-state index in [4.69, 9.17) is 11.6 Å². The SMILES string of the molecule is O=C1S/C(=C\c2cc(Br)cc([N+](=O)[O-])c2O)C(=O)N1Cc1ccccc1Cl. The summed E-state index contributed by atoms with van der Waals surface area (Å²) < 4.78 is 0.355. The smallest absolute Gasteiger partial charge is 0.312 e. The number of phenolic OH excluding ortho intramolecular Hbond substituents is 1. The third-order valence-electron chi connectivity index (χ3n) is 3.73. The van der Waals surface area contributed by atoms with Crippen molar-refractivity contribution in [3.8, 4) is 5.75 Å². The Kier molecular flexibility index (Phi) is 5.54. The van der Waals surface area contributed by atoms with Gasteiger partial charge in [0.25, 0.3) is 11.1 Å². The Morgan fingerprint density at radius 1 is 1.30 bits per heavy atom. The minimum absolute atomic E-state index is 0.00624. The Morgan fingerprint density at radius 2 is 2.00 bits per heavy atom. The van der Waals surface area contributed by atoms with Crippen LogP contribution in [0.2, 0.25) is 5.02 Å². The second-order valence-electron chi connectivity index (χ2n) is 5.48. The van der Waals surface area contributed by atoms with E-state index >= 15 is 0 Å². The van der Waals surface area contributed by atoms with Crippen molar-refractivity contribution >= 4 is 62.2 Å². The molecule has 2 amide bonds. The van der Waals surface area contributed by atoms with Gasteiger partial charge in [0.1, 0.15) is 0 Å². The number of carbonyl (C=O) groups excluding carboxylic acids is 2. The number of benzene rings is 2. The highest BCUT2D eigenvalue weighted by Crippen LogP contribution is 2.39. The number of imide groups is 1. The van der Waals surface area contributed by atoms with Crippen LogP contribution < -0.4 is 0 Å². The summed E-state index contributed by atoms with van der Waals surface area (Å²) in [4.78, 5) is 36.2. The summed E-state index contributed by atoms with van der Waals surface area (Å²) in [6.07, 6.45) is 1.25. The van der Waals surface area contributed by atoms with Crippen LogP contribution in [0.25, 0.3) is 6.08 Å². The Labute approximate surface area is 170 Å². The van der Waals surface area contributed by atoms with E-state index in [0.29, 0.717) is 26.8 Å². The molecular weight excluding hydrogens is 460 g/mol. The Morgan fingerprint density at radius 3 is 2.67 bits per heavy atom. The van der Waals surface area contributed by atoms with E-state index < -0.39 is 27.5 Å². The molecule has 10 heteroatoms. The standard InChI is InChI=1S/C17H10BrClN2O5S/c18-11-5-10(15(22)13(7-11)21(25)26)6-14-16(23)20(17(24)27-14)8-9-3-1-2-4-12(9)19/h1-7,22H,8H2/b14-6-. The first-order chi connectivity index (χ1) is 12.8. The molecule has 0 bridgehead atoms. The molecule has 1 fully saturated rings. The second-order valence-corrected chi connectivity index (χ2v) is 7.80. The highest BCUT2D eigenvalue weighted by molar-refractivity contribution is 9.10. The van der Waals surface area contributed by atoms with Crippen LogP contribution in [0.5, 0.6) is 5.75 Å². The molecule has 1 N–H and O–H groups in total. The number of amides is 2. The molecule has 0 spiro atoms. The number of aromatic hydroxyl groups is 1. The second kappa shape index (κ2) is 7.71. The van der Waals surface area contributed by atoms with Crippen molar-refractivity contribution in [2.45, 2.75) is 6.54 Å². The maximum absolute atomic E-state index is 12.6. The van der Waals surface area contributed by atoms with Crippen molar-refractivity contribution in [1.82, 2.24) is 4.90 Å². The lowest BCUT2D eigenvalue weighted by atomic mass is 10.1. The summed E-state index contributed by atoms with van der Waals surface area (Å²) in [5.74, 6) is -1.15. The fourth-order valence-electron chi connectivity index (χ4n) is 2.43. The maximum atomic E-state index is 12.6. The van der Waals surface area contributed by atoms with Crippen LogP contribution in [0.3, 0.4) is 0 Å². The number of hydrogen-bond donors (Lipinski definition) is 1. The summed E-state index contributed by atoms with van der Waals surface area (Å²) in [6.45, 7) is 0.00624. The molecule has 0 aliphatic carbocycles. The van der Waals surface area contributed by atoms with Gasteiger partial charge in [-0.2, -0.15) is 0 Å². The third kappa shape index (κ3) is 4.00. The molecule has 2 aromatic carbocycles. The van der Waals surface area contributed by atoms with Gasteiger partial charge in [-0.15, -0.1) is 0 Å². The van der Waals surface area contributed by atoms with E-state index in [2.05, 4.69) is 15.9 Å². The van der Waals surface area contributed by atoms with Crippen LogP contribution in [-0.2, 0) is 11.3 Å². The van der Waals surface area contributed by atoms with Gasteiger partial charge in [-0.1, -0.05) is 45.7 Å². The predicted molar refractivity (Wildman–Crippen MR) is 105 cm³/mol. The van der Waals surface area contributed by atoms with Gasteiger partial charge in [0.15, 0.2) is 0 Å². The normalized spacial score (nSPS) is 15.6. The minimum atomic E-state index is -0.736. The molecule has 138 valence electrons. The van der Waals surface area contributed by atoms with Gasteiger partial charge in [0.2, 0.25) is 5.75 Å². The molecule has 0 radical (unpaired) electrons. The molecule has 0 unspecified atom stereocenters. The fourth-order valence-corrected chi connectivity index (χ4v) is 3.92. The number of nitro groups is 1. The predicted octanol–water partition coefficient (Wildman–Crippen LogP) is 4.95. The number of carbonyl (C=O) groups is 2. The summed E-state index contributed by atoms with van der Waals surface area (Å²) in [7, 11) is 0. The Balaban J connectivity index is 1.93. The van der Waals surface area contributed by atoms with Crippen LogP contribution in [0, 0.1) is 10.1 Å². The van der Waals surface area contributed by atoms with Crippen molar-refractivity contribution in [2.24, 2.45) is 0 Å². The number of nitrogens with zero attached hydrogens (tertiary/aromatic N) is 2. The van der Waals surface area contributed by atoms with Crippen molar-refractivity contribution in [3.05, 3.63) is 72.0 Å². The number of rotatable bonds is 4. The lowest BCUT2D eigenvalue weighted by molar-refractivity contribution is -0.385. The van der Waals surface area contributed by atoms with Gasteiger partial charge in [0.05, 0.1) is 16.4 Å². The van der Waals surface area contributed by atoms with Crippen molar-refractivity contribution < 1.29 is 19.6 Å². The van der Waals surface area contributed by atoms with Gasteiger partial charge in [-0.25, -0.2) is 0 Å². The molecule has 27 heavy (non-hydrogen) atoms. The van der Waals surface area contributed by atoms with E-state index in [1.165, 1.54) is 12.1 Å². The molecule has 1 aliphatic rings. The van der Waals surface area contributed by atoms with Gasteiger partial charge in [0, 0.05) is 21.1 Å².